The molecule has 31 heavy (non-hydrogen) atoms. The molecule has 4 heterocycles. The Morgan fingerprint density at radius 3 is 2.61 bits per heavy atom. The van der Waals surface area contributed by atoms with Crippen molar-refractivity contribution in [3.63, 3.8) is 0 Å². The number of aryl methyl sites for hydroxylation is 1. The van der Waals surface area contributed by atoms with Crippen LogP contribution in [0, 0.1) is 24.2 Å². The highest BCUT2D eigenvalue weighted by Gasteiger charge is 2.72. The number of nitrogens with zero attached hydrogens (tertiary/aromatic N) is 3. The molecule has 2 aliphatic rings. The van der Waals surface area contributed by atoms with Gasteiger partial charge in [0.05, 0.1) is 40.0 Å². The summed E-state index contributed by atoms with van der Waals surface area (Å²) in [5.74, 6) is -0.553. The van der Waals surface area contributed by atoms with Crippen molar-refractivity contribution in [2.75, 3.05) is 5.32 Å². The van der Waals surface area contributed by atoms with Gasteiger partial charge in [-0.25, -0.2) is 4.98 Å². The summed E-state index contributed by atoms with van der Waals surface area (Å²) in [4.78, 5) is 47.5. The van der Waals surface area contributed by atoms with Gasteiger partial charge < -0.3 is 5.32 Å². The summed E-state index contributed by atoms with van der Waals surface area (Å²) in [6, 6.07) is 5.47. The van der Waals surface area contributed by atoms with Crippen molar-refractivity contribution in [1.82, 2.24) is 14.9 Å². The molecule has 1 saturated heterocycles. The zero-order valence-corrected chi connectivity index (χ0v) is 18.7. The van der Waals surface area contributed by atoms with Gasteiger partial charge in [0.2, 0.25) is 18.2 Å². The standard InChI is InChI=1S/C22H19ClN4O3S/c1-10-18(25-9-28)13(7-15(23)26-10)12-4-5-24-14-6-11(31-19(12)14)8-27-20(29)16-17(21(27)30)22(16,2)3/h4-7,9,16-17H,8H2,1-3H3,(H,25,28). The van der Waals surface area contributed by atoms with Gasteiger partial charge in [-0.3, -0.25) is 24.3 Å². The highest BCUT2D eigenvalue weighted by atomic mass is 35.5. The zero-order valence-electron chi connectivity index (χ0n) is 17.1. The number of fused-ring (bicyclic) bond motifs is 2. The van der Waals surface area contributed by atoms with E-state index in [1.165, 1.54) is 16.2 Å². The number of carbonyl (C=O) groups excluding carboxylic acids is 3. The fourth-order valence-electron chi connectivity index (χ4n) is 4.68. The van der Waals surface area contributed by atoms with Crippen LogP contribution in [-0.4, -0.2) is 33.1 Å². The van der Waals surface area contributed by atoms with E-state index in [0.29, 0.717) is 22.9 Å². The summed E-state index contributed by atoms with van der Waals surface area (Å²) >= 11 is 7.67. The lowest BCUT2D eigenvalue weighted by atomic mass is 10.0. The normalized spacial score (nSPS) is 21.5. The maximum absolute atomic E-state index is 12.7. The van der Waals surface area contributed by atoms with Gasteiger partial charge in [0.1, 0.15) is 5.15 Å². The lowest BCUT2D eigenvalue weighted by molar-refractivity contribution is -0.143. The van der Waals surface area contributed by atoms with Gasteiger partial charge in [-0.1, -0.05) is 25.4 Å². The number of amides is 3. The highest BCUT2D eigenvalue weighted by molar-refractivity contribution is 7.19. The van der Waals surface area contributed by atoms with Crippen molar-refractivity contribution in [2.24, 2.45) is 17.3 Å². The number of aromatic nitrogens is 2. The van der Waals surface area contributed by atoms with Crippen LogP contribution in [0.25, 0.3) is 21.3 Å². The van der Waals surface area contributed by atoms with E-state index in [1.54, 1.807) is 19.2 Å². The fourth-order valence-corrected chi connectivity index (χ4v) is 6.05. The molecular weight excluding hydrogens is 436 g/mol. The summed E-state index contributed by atoms with van der Waals surface area (Å²) in [5.41, 5.74) is 3.30. The number of thiophene rings is 1. The Morgan fingerprint density at radius 2 is 1.94 bits per heavy atom. The Morgan fingerprint density at radius 1 is 1.23 bits per heavy atom. The van der Waals surface area contributed by atoms with Gasteiger partial charge in [0.15, 0.2) is 0 Å². The maximum atomic E-state index is 12.7. The number of carbonyl (C=O) groups is 3. The fraction of sp³-hybridized carbons (Fsp3) is 0.318. The second-order valence-electron chi connectivity index (χ2n) is 8.54. The van der Waals surface area contributed by atoms with Crippen LogP contribution in [0.3, 0.4) is 0 Å². The summed E-state index contributed by atoms with van der Waals surface area (Å²) in [6.07, 6.45) is 2.30. The highest BCUT2D eigenvalue weighted by Crippen LogP contribution is 2.63. The number of imide groups is 1. The van der Waals surface area contributed by atoms with E-state index in [1.807, 2.05) is 26.0 Å². The second kappa shape index (κ2) is 6.83. The summed E-state index contributed by atoms with van der Waals surface area (Å²) in [6.45, 7) is 5.96. The molecule has 2 unspecified atom stereocenters. The van der Waals surface area contributed by atoms with E-state index in [4.69, 9.17) is 11.6 Å². The number of pyridine rings is 2. The number of halogens is 1. The maximum Gasteiger partial charge on any atom is 0.234 e. The van der Waals surface area contributed by atoms with E-state index in [9.17, 15) is 14.4 Å². The van der Waals surface area contributed by atoms with Crippen LogP contribution in [0.2, 0.25) is 5.15 Å². The molecule has 0 radical (unpaired) electrons. The Labute approximate surface area is 187 Å². The molecule has 3 aromatic rings. The second-order valence-corrected chi connectivity index (χ2v) is 10.1. The Bertz CT molecular complexity index is 1260. The van der Waals surface area contributed by atoms with E-state index in [2.05, 4.69) is 15.3 Å². The van der Waals surface area contributed by atoms with Crippen LogP contribution < -0.4 is 5.32 Å². The molecule has 7 nitrogen and oxygen atoms in total. The molecule has 5 rings (SSSR count). The average molecular weight is 455 g/mol. The Balaban J connectivity index is 1.54. The molecule has 0 bridgehead atoms. The van der Waals surface area contributed by atoms with Gasteiger partial charge in [-0.15, -0.1) is 11.3 Å². The predicted octanol–water partition coefficient (Wildman–Crippen LogP) is 4.03. The summed E-state index contributed by atoms with van der Waals surface area (Å²) in [7, 11) is 0. The molecule has 1 aliphatic heterocycles. The van der Waals surface area contributed by atoms with Crippen LogP contribution in [0.4, 0.5) is 5.69 Å². The first-order chi connectivity index (χ1) is 14.7. The molecule has 3 aromatic heterocycles. The van der Waals surface area contributed by atoms with Crippen LogP contribution in [0.15, 0.2) is 24.4 Å². The molecule has 1 aliphatic carbocycles. The number of rotatable bonds is 5. The van der Waals surface area contributed by atoms with E-state index in [0.717, 1.165) is 26.2 Å². The van der Waals surface area contributed by atoms with E-state index in [-0.39, 0.29) is 35.6 Å². The predicted molar refractivity (Wildman–Crippen MR) is 119 cm³/mol. The molecule has 3 amide bonds. The molecule has 0 aromatic carbocycles. The molecule has 2 fully saturated rings. The zero-order chi connectivity index (χ0) is 22.1. The largest absolute Gasteiger partial charge is 0.327 e. The van der Waals surface area contributed by atoms with Gasteiger partial charge in [0, 0.05) is 22.2 Å². The van der Waals surface area contributed by atoms with Gasteiger partial charge >= 0.3 is 0 Å². The molecule has 2 atom stereocenters. The first kappa shape index (κ1) is 20.1. The monoisotopic (exact) mass is 454 g/mol. The SMILES string of the molecule is Cc1nc(Cl)cc(-c2ccnc3cc(CN4C(=O)C5C(C4=O)C5(C)C)sc23)c1NC=O. The van der Waals surface area contributed by atoms with Crippen LogP contribution >= 0.6 is 22.9 Å². The van der Waals surface area contributed by atoms with E-state index < -0.39 is 0 Å². The quantitative estimate of drug-likeness (QED) is 0.357. The molecule has 1 saturated carbocycles. The van der Waals surface area contributed by atoms with Crippen molar-refractivity contribution < 1.29 is 14.4 Å². The van der Waals surface area contributed by atoms with Crippen molar-refractivity contribution in [2.45, 2.75) is 27.3 Å². The molecular formula is C22H19ClN4O3S. The number of hydrogen-bond acceptors (Lipinski definition) is 6. The van der Waals surface area contributed by atoms with Gasteiger partial charge in [-0.2, -0.15) is 0 Å². The Kier molecular flexibility index (Phi) is 4.43. The minimum atomic E-state index is -0.222. The number of nitrogens with one attached hydrogen (secondary N) is 1. The number of hydrogen-bond donors (Lipinski definition) is 1. The Hall–Kier alpha value is -2.84. The van der Waals surface area contributed by atoms with Crippen molar-refractivity contribution in [1.29, 1.82) is 0 Å². The minimum absolute atomic E-state index is 0.0837. The third-order valence-electron chi connectivity index (χ3n) is 6.33. The minimum Gasteiger partial charge on any atom is -0.327 e. The third kappa shape index (κ3) is 2.96. The van der Waals surface area contributed by atoms with Crippen molar-refractivity contribution in [3.8, 4) is 11.1 Å². The van der Waals surface area contributed by atoms with Crippen molar-refractivity contribution >= 4 is 57.1 Å². The number of piperidine rings is 1. The lowest BCUT2D eigenvalue weighted by Crippen LogP contribution is -2.35. The molecule has 0 spiro atoms. The molecule has 9 heteroatoms. The van der Waals surface area contributed by atoms with Crippen LogP contribution in [0.1, 0.15) is 24.4 Å². The topological polar surface area (TPSA) is 92.3 Å². The van der Waals surface area contributed by atoms with Crippen LogP contribution in [0.5, 0.6) is 0 Å². The summed E-state index contributed by atoms with van der Waals surface area (Å²) < 4.78 is 0.887. The van der Waals surface area contributed by atoms with Crippen molar-refractivity contribution in [3.05, 3.63) is 40.1 Å². The first-order valence-corrected chi connectivity index (χ1v) is 11.0. The summed E-state index contributed by atoms with van der Waals surface area (Å²) in [5, 5.41) is 3.03. The lowest BCUT2D eigenvalue weighted by Gasteiger charge is -2.19. The van der Waals surface area contributed by atoms with E-state index >= 15 is 0 Å². The number of likely N-dealkylation sites (tertiary alicyclic amines) is 1. The van der Waals surface area contributed by atoms with Gasteiger partial charge in [0.25, 0.3) is 0 Å². The smallest absolute Gasteiger partial charge is 0.234 e. The molecule has 1 N–H and O–H groups in total. The third-order valence-corrected chi connectivity index (χ3v) is 7.67. The number of anilines is 1. The molecule has 158 valence electrons. The first-order valence-electron chi connectivity index (χ1n) is 9.84. The van der Waals surface area contributed by atoms with Gasteiger partial charge in [-0.05, 0) is 30.5 Å². The van der Waals surface area contributed by atoms with Crippen LogP contribution in [-0.2, 0) is 20.9 Å². The average Bonchev–Trinajstić information content (AvgIpc) is 2.97.